The third-order valence-corrected chi connectivity index (χ3v) is 5.72. The number of benzene rings is 2. The van der Waals surface area contributed by atoms with Gasteiger partial charge in [-0.1, -0.05) is 18.2 Å². The summed E-state index contributed by atoms with van der Waals surface area (Å²) in [6, 6.07) is 15.6. The number of methoxy groups -OCH3 is 2. The van der Waals surface area contributed by atoms with Gasteiger partial charge in [0, 0.05) is 18.5 Å². The highest BCUT2D eigenvalue weighted by atomic mass is 16.5. The molecule has 3 heteroatoms. The van der Waals surface area contributed by atoms with Crippen LogP contribution in [0.25, 0.3) is 0 Å². The maximum absolute atomic E-state index is 5.39. The summed E-state index contributed by atoms with van der Waals surface area (Å²) >= 11 is 0. The Labute approximate surface area is 144 Å². The van der Waals surface area contributed by atoms with Gasteiger partial charge in [-0.05, 0) is 66.1 Å². The number of aryl methyl sites for hydroxylation is 1. The molecule has 1 heterocycles. The van der Waals surface area contributed by atoms with Crippen LogP contribution in [-0.4, -0.2) is 26.8 Å². The van der Waals surface area contributed by atoms with Gasteiger partial charge in [0.25, 0.3) is 0 Å². The molecule has 0 saturated carbocycles. The zero-order valence-corrected chi connectivity index (χ0v) is 14.4. The van der Waals surface area contributed by atoms with Gasteiger partial charge in [-0.2, -0.15) is 0 Å². The van der Waals surface area contributed by atoms with E-state index < -0.39 is 0 Å². The SMILES string of the molecule is COc1cccc(CC2NCC3c4ccc(OC)cc4CCC23)c1. The molecule has 1 saturated heterocycles. The third-order valence-electron chi connectivity index (χ3n) is 5.72. The highest BCUT2D eigenvalue weighted by molar-refractivity contribution is 5.41. The Hall–Kier alpha value is -2.00. The van der Waals surface area contributed by atoms with Gasteiger partial charge in [0.15, 0.2) is 0 Å². The lowest BCUT2D eigenvalue weighted by Gasteiger charge is -2.31. The smallest absolute Gasteiger partial charge is 0.119 e. The fourth-order valence-corrected chi connectivity index (χ4v) is 4.49. The lowest BCUT2D eigenvalue weighted by molar-refractivity contribution is 0.369. The van der Waals surface area contributed by atoms with E-state index in [1.165, 1.54) is 23.1 Å². The summed E-state index contributed by atoms with van der Waals surface area (Å²) in [4.78, 5) is 0. The van der Waals surface area contributed by atoms with Crippen molar-refractivity contribution in [3.63, 3.8) is 0 Å². The molecule has 2 aliphatic rings. The van der Waals surface area contributed by atoms with Crippen molar-refractivity contribution in [3.8, 4) is 11.5 Å². The molecular weight excluding hydrogens is 298 g/mol. The van der Waals surface area contributed by atoms with E-state index in [1.807, 2.05) is 6.07 Å². The van der Waals surface area contributed by atoms with Gasteiger partial charge >= 0.3 is 0 Å². The summed E-state index contributed by atoms with van der Waals surface area (Å²) in [5, 5.41) is 3.78. The summed E-state index contributed by atoms with van der Waals surface area (Å²) in [6.07, 6.45) is 3.49. The van der Waals surface area contributed by atoms with E-state index >= 15 is 0 Å². The second-order valence-electron chi connectivity index (χ2n) is 6.94. The summed E-state index contributed by atoms with van der Waals surface area (Å²) in [5.74, 6) is 3.28. The minimum absolute atomic E-state index is 0.553. The van der Waals surface area contributed by atoms with Crippen molar-refractivity contribution >= 4 is 0 Å². The van der Waals surface area contributed by atoms with E-state index in [0.29, 0.717) is 12.0 Å². The number of nitrogens with one attached hydrogen (secondary N) is 1. The van der Waals surface area contributed by atoms with Crippen LogP contribution in [0.3, 0.4) is 0 Å². The second kappa shape index (κ2) is 6.48. The van der Waals surface area contributed by atoms with Crippen LogP contribution in [0.5, 0.6) is 11.5 Å². The van der Waals surface area contributed by atoms with Crippen LogP contribution in [0.2, 0.25) is 0 Å². The van der Waals surface area contributed by atoms with E-state index in [0.717, 1.165) is 36.8 Å². The average Bonchev–Trinajstić information content (AvgIpc) is 3.04. The molecule has 24 heavy (non-hydrogen) atoms. The largest absolute Gasteiger partial charge is 0.497 e. The second-order valence-corrected chi connectivity index (χ2v) is 6.94. The predicted octanol–water partition coefficient (Wildman–Crippen LogP) is 3.56. The van der Waals surface area contributed by atoms with Crippen LogP contribution in [-0.2, 0) is 12.8 Å². The molecule has 0 spiro atoms. The van der Waals surface area contributed by atoms with Crippen LogP contribution in [0.15, 0.2) is 42.5 Å². The lowest BCUT2D eigenvalue weighted by atomic mass is 9.73. The van der Waals surface area contributed by atoms with Gasteiger partial charge < -0.3 is 14.8 Å². The predicted molar refractivity (Wildman–Crippen MR) is 96.0 cm³/mol. The number of fused-ring (bicyclic) bond motifs is 3. The molecule has 1 aliphatic carbocycles. The van der Waals surface area contributed by atoms with Crippen molar-refractivity contribution in [2.24, 2.45) is 5.92 Å². The Balaban J connectivity index is 1.53. The van der Waals surface area contributed by atoms with E-state index in [1.54, 1.807) is 14.2 Å². The third kappa shape index (κ3) is 2.78. The Morgan fingerprint density at radius 2 is 1.88 bits per heavy atom. The van der Waals surface area contributed by atoms with Gasteiger partial charge in [-0.15, -0.1) is 0 Å². The zero-order chi connectivity index (χ0) is 16.5. The number of rotatable bonds is 4. The topological polar surface area (TPSA) is 30.5 Å². The molecule has 0 bridgehead atoms. The highest BCUT2D eigenvalue weighted by Crippen LogP contribution is 2.42. The van der Waals surface area contributed by atoms with Crippen LogP contribution in [0.4, 0.5) is 0 Å². The summed E-state index contributed by atoms with van der Waals surface area (Å²) < 4.78 is 10.7. The Morgan fingerprint density at radius 1 is 1.04 bits per heavy atom. The van der Waals surface area contributed by atoms with Crippen LogP contribution < -0.4 is 14.8 Å². The van der Waals surface area contributed by atoms with Crippen molar-refractivity contribution in [1.29, 1.82) is 0 Å². The molecule has 1 aliphatic heterocycles. The number of hydrogen-bond donors (Lipinski definition) is 1. The standard InChI is InChI=1S/C21H25NO2/c1-23-16-5-3-4-14(10-16)11-21-19-8-6-15-12-17(24-2)7-9-18(15)20(19)13-22-21/h3-5,7,9-10,12,19-22H,6,8,11,13H2,1-2H3. The molecule has 1 N–H and O–H groups in total. The molecular formula is C21H25NO2. The van der Waals surface area contributed by atoms with Crippen LogP contribution >= 0.6 is 0 Å². The van der Waals surface area contributed by atoms with Crippen LogP contribution in [0, 0.1) is 5.92 Å². The van der Waals surface area contributed by atoms with E-state index in [9.17, 15) is 0 Å². The number of ether oxygens (including phenoxy) is 2. The fraction of sp³-hybridized carbons (Fsp3) is 0.429. The molecule has 126 valence electrons. The summed E-state index contributed by atoms with van der Waals surface area (Å²) in [7, 11) is 3.48. The minimum Gasteiger partial charge on any atom is -0.497 e. The maximum atomic E-state index is 5.39. The van der Waals surface area contributed by atoms with Crippen molar-refractivity contribution in [2.45, 2.75) is 31.2 Å². The van der Waals surface area contributed by atoms with E-state index in [-0.39, 0.29) is 0 Å². The first-order valence-electron chi connectivity index (χ1n) is 8.81. The van der Waals surface area contributed by atoms with Crippen molar-refractivity contribution < 1.29 is 9.47 Å². The first kappa shape index (κ1) is 15.5. The molecule has 3 nitrogen and oxygen atoms in total. The first-order valence-corrected chi connectivity index (χ1v) is 8.81. The van der Waals surface area contributed by atoms with Gasteiger partial charge in [0.2, 0.25) is 0 Å². The van der Waals surface area contributed by atoms with Crippen molar-refractivity contribution in [3.05, 3.63) is 59.2 Å². The van der Waals surface area contributed by atoms with E-state index in [2.05, 4.69) is 41.7 Å². The fourth-order valence-electron chi connectivity index (χ4n) is 4.49. The van der Waals surface area contributed by atoms with Crippen LogP contribution in [0.1, 0.15) is 29.0 Å². The molecule has 0 aromatic heterocycles. The molecule has 3 atom stereocenters. The molecule has 0 radical (unpaired) electrons. The Kier molecular flexibility index (Phi) is 4.19. The van der Waals surface area contributed by atoms with Gasteiger partial charge in [-0.25, -0.2) is 0 Å². The monoisotopic (exact) mass is 323 g/mol. The Morgan fingerprint density at radius 3 is 2.71 bits per heavy atom. The van der Waals surface area contributed by atoms with Gasteiger partial charge in [0.1, 0.15) is 11.5 Å². The molecule has 3 unspecified atom stereocenters. The molecule has 0 amide bonds. The molecule has 1 fully saturated rings. The van der Waals surface area contributed by atoms with Crippen molar-refractivity contribution in [2.75, 3.05) is 20.8 Å². The van der Waals surface area contributed by atoms with Gasteiger partial charge in [-0.3, -0.25) is 0 Å². The molecule has 2 aromatic carbocycles. The normalized spacial score (nSPS) is 25.0. The lowest BCUT2D eigenvalue weighted by Crippen LogP contribution is -2.31. The number of hydrogen-bond acceptors (Lipinski definition) is 3. The average molecular weight is 323 g/mol. The van der Waals surface area contributed by atoms with E-state index in [4.69, 9.17) is 9.47 Å². The van der Waals surface area contributed by atoms with Crippen molar-refractivity contribution in [1.82, 2.24) is 5.32 Å². The minimum atomic E-state index is 0.553. The quantitative estimate of drug-likeness (QED) is 0.933. The first-order chi connectivity index (χ1) is 11.8. The Bertz CT molecular complexity index is 728. The summed E-state index contributed by atoms with van der Waals surface area (Å²) in [6.45, 7) is 1.08. The highest BCUT2D eigenvalue weighted by Gasteiger charge is 2.39. The maximum Gasteiger partial charge on any atom is 0.119 e. The summed E-state index contributed by atoms with van der Waals surface area (Å²) in [5.41, 5.74) is 4.35. The molecule has 4 rings (SSSR count). The van der Waals surface area contributed by atoms with Gasteiger partial charge in [0.05, 0.1) is 14.2 Å². The zero-order valence-electron chi connectivity index (χ0n) is 14.4. The molecule has 2 aromatic rings.